The van der Waals surface area contributed by atoms with Gasteiger partial charge in [0.05, 0.1) is 13.5 Å². The van der Waals surface area contributed by atoms with Gasteiger partial charge in [-0.1, -0.05) is 0 Å². The van der Waals surface area contributed by atoms with Gasteiger partial charge in [0, 0.05) is 26.1 Å². The van der Waals surface area contributed by atoms with Gasteiger partial charge in [-0.25, -0.2) is 4.79 Å². The normalized spacial score (nSPS) is 18.4. The van der Waals surface area contributed by atoms with Crippen LogP contribution in [0, 0.1) is 5.92 Å². The topological polar surface area (TPSA) is 95.9 Å². The lowest BCUT2D eigenvalue weighted by Gasteiger charge is -2.32. The smallest absolute Gasteiger partial charge is 0.317 e. The molecule has 1 atom stereocenters. The quantitative estimate of drug-likeness (QED) is 0.705. The third-order valence-electron chi connectivity index (χ3n) is 3.41. The van der Waals surface area contributed by atoms with Crippen molar-refractivity contribution in [2.24, 2.45) is 5.92 Å². The predicted molar refractivity (Wildman–Crippen MR) is 71.2 cm³/mol. The second-order valence-electron chi connectivity index (χ2n) is 4.94. The molecule has 2 amide bonds. The molecule has 7 heteroatoms. The zero-order chi connectivity index (χ0) is 15.0. The third-order valence-corrected chi connectivity index (χ3v) is 3.41. The van der Waals surface area contributed by atoms with Crippen molar-refractivity contribution < 1.29 is 24.2 Å². The molecule has 0 aromatic heterocycles. The molecule has 1 rings (SSSR count). The Bertz CT molecular complexity index is 359. The van der Waals surface area contributed by atoms with Crippen molar-refractivity contribution in [3.05, 3.63) is 0 Å². The van der Waals surface area contributed by atoms with Crippen LogP contribution in [0.1, 0.15) is 32.1 Å². The zero-order valence-corrected chi connectivity index (χ0v) is 11.8. The Morgan fingerprint density at radius 3 is 2.75 bits per heavy atom. The third kappa shape index (κ3) is 5.90. The lowest BCUT2D eigenvalue weighted by atomic mass is 9.93. The van der Waals surface area contributed by atoms with E-state index >= 15 is 0 Å². The van der Waals surface area contributed by atoms with Crippen LogP contribution in [0.2, 0.25) is 0 Å². The van der Waals surface area contributed by atoms with Crippen LogP contribution in [-0.4, -0.2) is 54.7 Å². The molecule has 0 aromatic rings. The molecular weight excluding hydrogens is 264 g/mol. The first-order valence-corrected chi connectivity index (χ1v) is 6.84. The van der Waals surface area contributed by atoms with E-state index in [9.17, 15) is 14.4 Å². The molecule has 1 heterocycles. The van der Waals surface area contributed by atoms with Crippen molar-refractivity contribution in [3.8, 4) is 0 Å². The fourth-order valence-corrected chi connectivity index (χ4v) is 2.30. The molecule has 114 valence electrons. The Kier molecular flexibility index (Phi) is 6.83. The summed E-state index contributed by atoms with van der Waals surface area (Å²) in [6.07, 6.45) is 2.73. The second-order valence-corrected chi connectivity index (χ2v) is 4.94. The molecule has 0 aliphatic carbocycles. The second kappa shape index (κ2) is 8.39. The summed E-state index contributed by atoms with van der Waals surface area (Å²) >= 11 is 0. The van der Waals surface area contributed by atoms with Crippen molar-refractivity contribution in [1.82, 2.24) is 10.2 Å². The SMILES string of the molecule is COC(=O)CCNC(=O)N1CCCC(CCC(=O)O)C1. The minimum absolute atomic E-state index is 0.141. The molecule has 1 aliphatic heterocycles. The van der Waals surface area contributed by atoms with Gasteiger partial charge in [0.2, 0.25) is 0 Å². The van der Waals surface area contributed by atoms with Crippen LogP contribution in [0.4, 0.5) is 4.79 Å². The number of esters is 1. The monoisotopic (exact) mass is 286 g/mol. The molecule has 0 saturated carbocycles. The number of carboxylic acids is 1. The number of rotatable bonds is 6. The summed E-state index contributed by atoms with van der Waals surface area (Å²) in [4.78, 5) is 35.1. The Labute approximate surface area is 118 Å². The number of ether oxygens (including phenoxy) is 1. The van der Waals surface area contributed by atoms with Crippen LogP contribution in [-0.2, 0) is 14.3 Å². The Morgan fingerprint density at radius 1 is 1.35 bits per heavy atom. The van der Waals surface area contributed by atoms with E-state index in [1.54, 1.807) is 4.90 Å². The molecule has 1 fully saturated rings. The standard InChI is InChI=1S/C13H22N2O5/c1-20-12(18)6-7-14-13(19)15-8-2-3-10(9-15)4-5-11(16)17/h10H,2-9H2,1H3,(H,14,19)(H,16,17). The van der Waals surface area contributed by atoms with Crippen LogP contribution < -0.4 is 5.32 Å². The van der Waals surface area contributed by atoms with Gasteiger partial charge in [0.15, 0.2) is 0 Å². The molecule has 1 saturated heterocycles. The maximum absolute atomic E-state index is 11.9. The van der Waals surface area contributed by atoms with Crippen LogP contribution in [0.5, 0.6) is 0 Å². The lowest BCUT2D eigenvalue weighted by Crippen LogP contribution is -2.46. The molecule has 0 radical (unpaired) electrons. The first kappa shape index (κ1) is 16.3. The average molecular weight is 286 g/mol. The number of carboxylic acid groups (broad SMARTS) is 1. The highest BCUT2D eigenvalue weighted by atomic mass is 16.5. The summed E-state index contributed by atoms with van der Waals surface area (Å²) < 4.78 is 4.49. The maximum Gasteiger partial charge on any atom is 0.317 e. The zero-order valence-electron chi connectivity index (χ0n) is 11.8. The number of piperidine rings is 1. The molecule has 1 unspecified atom stereocenters. The predicted octanol–water partition coefficient (Wildman–Crippen LogP) is 0.836. The van der Waals surface area contributed by atoms with E-state index in [0.717, 1.165) is 12.8 Å². The Balaban J connectivity index is 2.29. The molecule has 7 nitrogen and oxygen atoms in total. The summed E-state index contributed by atoms with van der Waals surface area (Å²) in [6.45, 7) is 1.51. The maximum atomic E-state index is 11.9. The number of likely N-dealkylation sites (tertiary alicyclic amines) is 1. The average Bonchev–Trinajstić information content (AvgIpc) is 2.45. The molecular formula is C13H22N2O5. The van der Waals surface area contributed by atoms with Gasteiger partial charge >= 0.3 is 18.0 Å². The molecule has 2 N–H and O–H groups in total. The molecule has 0 aromatic carbocycles. The van der Waals surface area contributed by atoms with E-state index < -0.39 is 5.97 Å². The van der Waals surface area contributed by atoms with Gasteiger partial charge in [-0.05, 0) is 25.2 Å². The van der Waals surface area contributed by atoms with Gasteiger partial charge < -0.3 is 20.1 Å². The van der Waals surface area contributed by atoms with E-state index in [2.05, 4.69) is 10.1 Å². The van der Waals surface area contributed by atoms with Crippen molar-refractivity contribution >= 4 is 18.0 Å². The van der Waals surface area contributed by atoms with Crippen LogP contribution >= 0.6 is 0 Å². The minimum Gasteiger partial charge on any atom is -0.481 e. The summed E-state index contributed by atoms with van der Waals surface area (Å²) in [6, 6.07) is -0.200. The number of hydrogen-bond donors (Lipinski definition) is 2. The van der Waals surface area contributed by atoms with Crippen molar-refractivity contribution in [3.63, 3.8) is 0 Å². The highest BCUT2D eigenvalue weighted by molar-refractivity contribution is 5.75. The number of urea groups is 1. The number of carbonyl (C=O) groups excluding carboxylic acids is 2. The first-order chi connectivity index (χ1) is 9.52. The number of nitrogens with zero attached hydrogens (tertiary/aromatic N) is 1. The van der Waals surface area contributed by atoms with Crippen LogP contribution in [0.3, 0.4) is 0 Å². The van der Waals surface area contributed by atoms with Crippen molar-refractivity contribution in [2.45, 2.75) is 32.1 Å². The fourth-order valence-electron chi connectivity index (χ4n) is 2.30. The minimum atomic E-state index is -0.801. The number of aliphatic carboxylic acids is 1. The summed E-state index contributed by atoms with van der Waals surface area (Å²) in [5.41, 5.74) is 0. The van der Waals surface area contributed by atoms with E-state index in [1.807, 2.05) is 0 Å². The summed E-state index contributed by atoms with van der Waals surface area (Å²) in [7, 11) is 1.31. The van der Waals surface area contributed by atoms with Gasteiger partial charge in [0.25, 0.3) is 0 Å². The van der Waals surface area contributed by atoms with Gasteiger partial charge in [0.1, 0.15) is 0 Å². The van der Waals surface area contributed by atoms with E-state index in [-0.39, 0.29) is 37.3 Å². The van der Waals surface area contributed by atoms with Crippen molar-refractivity contribution in [1.29, 1.82) is 0 Å². The molecule has 0 bridgehead atoms. The lowest BCUT2D eigenvalue weighted by molar-refractivity contribution is -0.140. The van der Waals surface area contributed by atoms with E-state index in [0.29, 0.717) is 19.5 Å². The number of nitrogens with one attached hydrogen (secondary N) is 1. The Morgan fingerprint density at radius 2 is 2.10 bits per heavy atom. The van der Waals surface area contributed by atoms with Crippen LogP contribution in [0.25, 0.3) is 0 Å². The summed E-state index contributed by atoms with van der Waals surface area (Å²) in [5.74, 6) is -0.917. The first-order valence-electron chi connectivity index (χ1n) is 6.84. The molecule has 1 aliphatic rings. The van der Waals surface area contributed by atoms with Gasteiger partial charge in [-0.15, -0.1) is 0 Å². The highest BCUT2D eigenvalue weighted by Crippen LogP contribution is 2.20. The fraction of sp³-hybridized carbons (Fsp3) is 0.769. The highest BCUT2D eigenvalue weighted by Gasteiger charge is 2.23. The van der Waals surface area contributed by atoms with Crippen molar-refractivity contribution in [2.75, 3.05) is 26.7 Å². The number of carbonyl (C=O) groups is 3. The molecule has 20 heavy (non-hydrogen) atoms. The van der Waals surface area contributed by atoms with Crippen LogP contribution in [0.15, 0.2) is 0 Å². The largest absolute Gasteiger partial charge is 0.481 e. The number of hydrogen-bond acceptors (Lipinski definition) is 4. The Hall–Kier alpha value is -1.79. The van der Waals surface area contributed by atoms with E-state index in [4.69, 9.17) is 5.11 Å². The number of amides is 2. The van der Waals surface area contributed by atoms with Gasteiger partial charge in [-0.2, -0.15) is 0 Å². The van der Waals surface area contributed by atoms with E-state index in [1.165, 1.54) is 7.11 Å². The number of methoxy groups -OCH3 is 1. The molecule has 0 spiro atoms. The summed E-state index contributed by atoms with van der Waals surface area (Å²) in [5, 5.41) is 11.3. The van der Waals surface area contributed by atoms with Gasteiger partial charge in [-0.3, -0.25) is 9.59 Å².